The van der Waals surface area contributed by atoms with Crippen LogP contribution in [0.4, 0.5) is 4.79 Å². The zero-order chi connectivity index (χ0) is 10.4. The van der Waals surface area contributed by atoms with E-state index in [9.17, 15) is 9.59 Å². The van der Waals surface area contributed by atoms with Crippen LogP contribution in [-0.4, -0.2) is 31.4 Å². The molecule has 0 bridgehead atoms. The third-order valence-electron chi connectivity index (χ3n) is 1.14. The Morgan fingerprint density at radius 2 is 1.62 bits per heavy atom. The number of ether oxygens (including phenoxy) is 3. The summed E-state index contributed by atoms with van der Waals surface area (Å²) in [5.74, 6) is -0.610. The standard InChI is InChI=1S/C8H14O5/c1-5(2)12-8(10)13-6(3)7(9)11-4/h5-6H,1-4H3. The molecule has 5 heteroatoms. The molecule has 0 aliphatic heterocycles. The summed E-state index contributed by atoms with van der Waals surface area (Å²) in [5, 5.41) is 0. The first-order valence-electron chi connectivity index (χ1n) is 3.92. The minimum Gasteiger partial charge on any atom is -0.466 e. The molecule has 5 nitrogen and oxygen atoms in total. The molecule has 1 atom stereocenters. The molecule has 13 heavy (non-hydrogen) atoms. The first-order valence-corrected chi connectivity index (χ1v) is 3.92. The van der Waals surface area contributed by atoms with Crippen molar-refractivity contribution >= 4 is 12.1 Å². The molecule has 0 rings (SSSR count). The minimum absolute atomic E-state index is 0.266. The quantitative estimate of drug-likeness (QED) is 0.624. The van der Waals surface area contributed by atoms with Crippen LogP contribution < -0.4 is 0 Å². The van der Waals surface area contributed by atoms with Crippen LogP contribution in [0.2, 0.25) is 0 Å². The van der Waals surface area contributed by atoms with E-state index in [0.29, 0.717) is 0 Å². The second kappa shape index (κ2) is 5.40. The molecule has 0 aromatic heterocycles. The van der Waals surface area contributed by atoms with Gasteiger partial charge in [-0.05, 0) is 20.8 Å². The van der Waals surface area contributed by atoms with Crippen molar-refractivity contribution in [3.05, 3.63) is 0 Å². The Hall–Kier alpha value is -1.26. The maximum atomic E-state index is 10.8. The van der Waals surface area contributed by atoms with E-state index < -0.39 is 18.2 Å². The fraction of sp³-hybridized carbons (Fsp3) is 0.750. The van der Waals surface area contributed by atoms with Gasteiger partial charge in [-0.2, -0.15) is 0 Å². The van der Waals surface area contributed by atoms with Crippen LogP contribution in [0, 0.1) is 0 Å². The first-order chi connectivity index (χ1) is 5.97. The normalized spacial score (nSPS) is 12.1. The highest BCUT2D eigenvalue weighted by atomic mass is 16.7. The third kappa shape index (κ3) is 5.05. The van der Waals surface area contributed by atoms with Gasteiger partial charge >= 0.3 is 12.1 Å². The predicted molar refractivity (Wildman–Crippen MR) is 44.2 cm³/mol. The van der Waals surface area contributed by atoms with Crippen molar-refractivity contribution in [1.82, 2.24) is 0 Å². The molecule has 0 aromatic carbocycles. The average molecular weight is 190 g/mol. The molecule has 1 unspecified atom stereocenters. The fourth-order valence-electron chi connectivity index (χ4n) is 0.579. The summed E-state index contributed by atoms with van der Waals surface area (Å²) in [4.78, 5) is 21.6. The molecule has 0 saturated carbocycles. The molecule has 0 amide bonds. The van der Waals surface area contributed by atoms with E-state index in [2.05, 4.69) is 14.2 Å². The number of methoxy groups -OCH3 is 1. The Kier molecular flexibility index (Phi) is 4.87. The van der Waals surface area contributed by atoms with Crippen LogP contribution in [-0.2, 0) is 19.0 Å². The summed E-state index contributed by atoms with van der Waals surface area (Å²) in [6.45, 7) is 4.78. The van der Waals surface area contributed by atoms with Crippen molar-refractivity contribution in [2.24, 2.45) is 0 Å². The highest BCUT2D eigenvalue weighted by Crippen LogP contribution is 1.99. The van der Waals surface area contributed by atoms with Gasteiger partial charge in [0.2, 0.25) is 0 Å². The molecule has 0 spiro atoms. The maximum absolute atomic E-state index is 10.8. The number of carbonyl (C=O) groups is 2. The smallest absolute Gasteiger partial charge is 0.466 e. The van der Waals surface area contributed by atoms with Gasteiger partial charge in [0.15, 0.2) is 6.10 Å². The van der Waals surface area contributed by atoms with E-state index in [0.717, 1.165) is 0 Å². The molecule has 76 valence electrons. The molecule has 0 fully saturated rings. The average Bonchev–Trinajstić information content (AvgIpc) is 2.01. The van der Waals surface area contributed by atoms with Crippen molar-refractivity contribution in [1.29, 1.82) is 0 Å². The molecular formula is C8H14O5. The van der Waals surface area contributed by atoms with Gasteiger partial charge in [-0.1, -0.05) is 0 Å². The van der Waals surface area contributed by atoms with Crippen LogP contribution in [0.3, 0.4) is 0 Å². The minimum atomic E-state index is -0.934. The van der Waals surface area contributed by atoms with Crippen LogP contribution in [0.25, 0.3) is 0 Å². The lowest BCUT2D eigenvalue weighted by molar-refractivity contribution is -0.151. The van der Waals surface area contributed by atoms with Crippen molar-refractivity contribution in [3.8, 4) is 0 Å². The van der Waals surface area contributed by atoms with Crippen molar-refractivity contribution in [3.63, 3.8) is 0 Å². The summed E-state index contributed by atoms with van der Waals surface area (Å²) in [5.41, 5.74) is 0. The Labute approximate surface area is 77.0 Å². The summed E-state index contributed by atoms with van der Waals surface area (Å²) in [6, 6.07) is 0. The van der Waals surface area contributed by atoms with E-state index in [4.69, 9.17) is 0 Å². The molecular weight excluding hydrogens is 176 g/mol. The Morgan fingerprint density at radius 1 is 1.08 bits per heavy atom. The van der Waals surface area contributed by atoms with Crippen LogP contribution in [0.15, 0.2) is 0 Å². The van der Waals surface area contributed by atoms with Crippen LogP contribution in [0.1, 0.15) is 20.8 Å². The van der Waals surface area contributed by atoms with Crippen LogP contribution in [0.5, 0.6) is 0 Å². The monoisotopic (exact) mass is 190 g/mol. The third-order valence-corrected chi connectivity index (χ3v) is 1.14. The number of esters is 1. The molecule has 0 radical (unpaired) electrons. The Morgan fingerprint density at radius 3 is 2.00 bits per heavy atom. The second-order valence-electron chi connectivity index (χ2n) is 2.70. The number of rotatable bonds is 3. The lowest BCUT2D eigenvalue weighted by atomic mass is 10.4. The summed E-state index contributed by atoms with van der Waals surface area (Å²) >= 11 is 0. The number of hydrogen-bond donors (Lipinski definition) is 0. The topological polar surface area (TPSA) is 61.8 Å². The van der Waals surface area contributed by atoms with Crippen molar-refractivity contribution in [2.75, 3.05) is 7.11 Å². The van der Waals surface area contributed by atoms with Gasteiger partial charge < -0.3 is 14.2 Å². The molecule has 0 aliphatic carbocycles. The van der Waals surface area contributed by atoms with Gasteiger partial charge in [-0.15, -0.1) is 0 Å². The zero-order valence-electron chi connectivity index (χ0n) is 8.20. The molecule has 0 heterocycles. The molecule has 0 aromatic rings. The van der Waals surface area contributed by atoms with E-state index in [1.807, 2.05) is 0 Å². The van der Waals surface area contributed by atoms with Crippen molar-refractivity contribution in [2.45, 2.75) is 33.0 Å². The number of hydrogen-bond acceptors (Lipinski definition) is 5. The predicted octanol–water partition coefficient (Wildman–Crippen LogP) is 1.11. The number of carbonyl (C=O) groups excluding carboxylic acids is 2. The second-order valence-corrected chi connectivity index (χ2v) is 2.70. The summed E-state index contributed by atoms with van der Waals surface area (Å²) < 4.78 is 13.6. The van der Waals surface area contributed by atoms with Gasteiger partial charge in [-0.25, -0.2) is 9.59 Å². The van der Waals surface area contributed by atoms with E-state index in [1.165, 1.54) is 14.0 Å². The van der Waals surface area contributed by atoms with Crippen molar-refractivity contribution < 1.29 is 23.8 Å². The Bertz CT molecular complexity index is 187. The SMILES string of the molecule is COC(=O)C(C)OC(=O)OC(C)C. The van der Waals surface area contributed by atoms with E-state index >= 15 is 0 Å². The largest absolute Gasteiger partial charge is 0.509 e. The maximum Gasteiger partial charge on any atom is 0.509 e. The van der Waals surface area contributed by atoms with Gasteiger partial charge in [0.25, 0.3) is 0 Å². The van der Waals surface area contributed by atoms with Gasteiger partial charge in [0, 0.05) is 0 Å². The van der Waals surface area contributed by atoms with Crippen LogP contribution >= 0.6 is 0 Å². The lowest BCUT2D eigenvalue weighted by Gasteiger charge is -2.12. The van der Waals surface area contributed by atoms with E-state index in [-0.39, 0.29) is 6.10 Å². The first kappa shape index (κ1) is 11.7. The molecule has 0 aliphatic rings. The zero-order valence-corrected chi connectivity index (χ0v) is 8.20. The molecule has 0 N–H and O–H groups in total. The Balaban J connectivity index is 3.85. The van der Waals surface area contributed by atoms with E-state index in [1.54, 1.807) is 13.8 Å². The lowest BCUT2D eigenvalue weighted by Crippen LogP contribution is -2.26. The highest BCUT2D eigenvalue weighted by Gasteiger charge is 2.19. The summed E-state index contributed by atoms with van der Waals surface area (Å²) in [7, 11) is 1.22. The van der Waals surface area contributed by atoms with Gasteiger partial charge in [-0.3, -0.25) is 0 Å². The summed E-state index contributed by atoms with van der Waals surface area (Å²) in [6.07, 6.45) is -2.07. The van der Waals surface area contributed by atoms with Gasteiger partial charge in [0.05, 0.1) is 13.2 Å². The fourth-order valence-corrected chi connectivity index (χ4v) is 0.579. The van der Waals surface area contributed by atoms with Gasteiger partial charge in [0.1, 0.15) is 0 Å². The molecule has 0 saturated heterocycles. The highest BCUT2D eigenvalue weighted by molar-refractivity contribution is 5.76.